The van der Waals surface area contributed by atoms with Crippen LogP contribution in [0.15, 0.2) is 35.4 Å². The second kappa shape index (κ2) is 2.48. The lowest BCUT2D eigenvalue weighted by Gasteiger charge is -2.00. The van der Waals surface area contributed by atoms with Gasteiger partial charge in [0.15, 0.2) is 0 Å². The molecule has 0 radical (unpaired) electrons. The Bertz CT molecular complexity index is 523. The van der Waals surface area contributed by atoms with E-state index in [1.54, 1.807) is 0 Å². The molecular weight excluding hydrogens is 172 g/mol. The molecule has 2 heterocycles. The average Bonchev–Trinajstić information content (AvgIpc) is 2.48. The zero-order chi connectivity index (χ0) is 9.42. The van der Waals surface area contributed by atoms with Crippen molar-refractivity contribution in [1.82, 2.24) is 9.03 Å². The molecule has 0 saturated carbocycles. The lowest BCUT2D eigenvalue weighted by Crippen LogP contribution is -2.15. The Kier molecular flexibility index (Phi) is 1.45. The monoisotopic (exact) mass is 178 g/mol. The van der Waals surface area contributed by atoms with Gasteiger partial charge in [0.25, 0.3) is 5.56 Å². The SMILES string of the molecule is O=C(O)c1cccn2c(=O)ccn12. The highest BCUT2D eigenvalue weighted by Gasteiger charge is 2.07. The number of rotatable bonds is 1. The standard InChI is InChI=1S/C8H6N2O3/c11-7-3-5-9-6(8(12)13)2-1-4-10(7)9/h1-5H,(H,12,13). The fraction of sp³-hybridized carbons (Fsp3) is 0. The summed E-state index contributed by atoms with van der Waals surface area (Å²) in [6.45, 7) is 0. The fourth-order valence-corrected chi connectivity index (χ4v) is 1.19. The van der Waals surface area contributed by atoms with Crippen LogP contribution in [0.5, 0.6) is 0 Å². The van der Waals surface area contributed by atoms with Gasteiger partial charge in [-0.25, -0.2) is 13.8 Å². The number of fused-ring (bicyclic) bond motifs is 1. The molecule has 0 unspecified atom stereocenters. The summed E-state index contributed by atoms with van der Waals surface area (Å²) < 4.78 is 2.51. The Morgan fingerprint density at radius 3 is 2.69 bits per heavy atom. The van der Waals surface area contributed by atoms with Crippen molar-refractivity contribution in [2.75, 3.05) is 0 Å². The molecule has 2 aromatic heterocycles. The van der Waals surface area contributed by atoms with E-state index in [-0.39, 0.29) is 11.3 Å². The minimum atomic E-state index is -1.06. The van der Waals surface area contributed by atoms with E-state index in [0.717, 1.165) is 0 Å². The summed E-state index contributed by atoms with van der Waals surface area (Å²) in [7, 11) is 0. The number of nitrogens with zero attached hydrogens (tertiary/aromatic N) is 2. The van der Waals surface area contributed by atoms with Crippen LogP contribution in [0.25, 0.3) is 0 Å². The second-order valence-corrected chi connectivity index (χ2v) is 2.54. The summed E-state index contributed by atoms with van der Waals surface area (Å²) in [4.78, 5) is 21.8. The smallest absolute Gasteiger partial charge is 0.354 e. The lowest BCUT2D eigenvalue weighted by molar-refractivity contribution is 0.0686. The van der Waals surface area contributed by atoms with E-state index < -0.39 is 5.97 Å². The van der Waals surface area contributed by atoms with E-state index in [4.69, 9.17) is 5.11 Å². The number of carbonyl (C=O) groups is 1. The van der Waals surface area contributed by atoms with Gasteiger partial charge in [0.1, 0.15) is 5.69 Å². The van der Waals surface area contributed by atoms with Crippen molar-refractivity contribution < 1.29 is 9.90 Å². The first-order valence-electron chi connectivity index (χ1n) is 3.62. The van der Waals surface area contributed by atoms with Crippen LogP contribution >= 0.6 is 0 Å². The highest BCUT2D eigenvalue weighted by atomic mass is 16.4. The zero-order valence-corrected chi connectivity index (χ0v) is 6.54. The van der Waals surface area contributed by atoms with Gasteiger partial charge in [-0.3, -0.25) is 4.79 Å². The normalized spacial score (nSPS) is 10.5. The molecule has 0 amide bonds. The van der Waals surface area contributed by atoms with E-state index in [0.29, 0.717) is 0 Å². The molecule has 0 spiro atoms. The van der Waals surface area contributed by atoms with Crippen molar-refractivity contribution >= 4 is 5.97 Å². The summed E-state index contributed by atoms with van der Waals surface area (Å²) in [5.41, 5.74) is -0.187. The fourth-order valence-electron chi connectivity index (χ4n) is 1.19. The third kappa shape index (κ3) is 1.01. The molecule has 0 aliphatic carbocycles. The molecule has 13 heavy (non-hydrogen) atoms. The highest BCUT2D eigenvalue weighted by Crippen LogP contribution is 1.97. The molecule has 0 fully saturated rings. The Morgan fingerprint density at radius 2 is 2.00 bits per heavy atom. The van der Waals surface area contributed by atoms with Crippen LogP contribution in [-0.2, 0) is 0 Å². The van der Waals surface area contributed by atoms with Gasteiger partial charge in [0, 0.05) is 18.5 Å². The third-order valence-electron chi connectivity index (χ3n) is 1.76. The first-order chi connectivity index (χ1) is 6.20. The van der Waals surface area contributed by atoms with Gasteiger partial charge in [0.2, 0.25) is 0 Å². The van der Waals surface area contributed by atoms with Crippen molar-refractivity contribution in [3.05, 3.63) is 46.6 Å². The van der Waals surface area contributed by atoms with Crippen LogP contribution in [0.3, 0.4) is 0 Å². The molecule has 0 aromatic carbocycles. The maximum atomic E-state index is 11.1. The van der Waals surface area contributed by atoms with Gasteiger partial charge >= 0.3 is 5.97 Å². The number of carboxylic acid groups (broad SMARTS) is 1. The van der Waals surface area contributed by atoms with E-state index in [1.165, 1.54) is 39.6 Å². The maximum absolute atomic E-state index is 11.1. The van der Waals surface area contributed by atoms with Gasteiger partial charge in [0.05, 0.1) is 0 Å². The predicted molar refractivity (Wildman–Crippen MR) is 44.1 cm³/mol. The Hall–Kier alpha value is -2.04. The summed E-state index contributed by atoms with van der Waals surface area (Å²) >= 11 is 0. The van der Waals surface area contributed by atoms with Crippen LogP contribution in [0.2, 0.25) is 0 Å². The molecule has 66 valence electrons. The van der Waals surface area contributed by atoms with Crippen molar-refractivity contribution in [1.29, 1.82) is 0 Å². The molecule has 0 saturated heterocycles. The van der Waals surface area contributed by atoms with E-state index >= 15 is 0 Å². The van der Waals surface area contributed by atoms with Crippen molar-refractivity contribution in [3.8, 4) is 0 Å². The van der Waals surface area contributed by atoms with Crippen LogP contribution in [0.4, 0.5) is 0 Å². The van der Waals surface area contributed by atoms with Gasteiger partial charge in [-0.1, -0.05) is 0 Å². The number of aromatic nitrogens is 2. The molecule has 0 aliphatic rings. The van der Waals surface area contributed by atoms with Crippen molar-refractivity contribution in [2.24, 2.45) is 0 Å². The number of hydrogen-bond donors (Lipinski definition) is 1. The van der Waals surface area contributed by atoms with Gasteiger partial charge < -0.3 is 5.11 Å². The quantitative estimate of drug-likeness (QED) is 0.673. The van der Waals surface area contributed by atoms with Gasteiger partial charge in [-0.05, 0) is 12.1 Å². The topological polar surface area (TPSA) is 63.2 Å². The van der Waals surface area contributed by atoms with E-state index in [1.807, 2.05) is 0 Å². The minimum absolute atomic E-state index is 0.0598. The zero-order valence-electron chi connectivity index (χ0n) is 6.54. The van der Waals surface area contributed by atoms with Gasteiger partial charge in [-0.15, -0.1) is 0 Å². The highest BCUT2D eigenvalue weighted by molar-refractivity contribution is 5.85. The minimum Gasteiger partial charge on any atom is -0.477 e. The number of carboxylic acids is 1. The Morgan fingerprint density at radius 1 is 1.23 bits per heavy atom. The third-order valence-corrected chi connectivity index (χ3v) is 1.76. The first kappa shape index (κ1) is 7.60. The molecular formula is C8H6N2O3. The molecule has 0 bridgehead atoms. The molecule has 2 rings (SSSR count). The predicted octanol–water partition coefficient (Wildman–Crippen LogP) is 0.0972. The summed E-state index contributed by atoms with van der Waals surface area (Å²) in [5.74, 6) is -1.06. The van der Waals surface area contributed by atoms with Crippen molar-refractivity contribution in [2.45, 2.75) is 0 Å². The first-order valence-corrected chi connectivity index (χ1v) is 3.62. The van der Waals surface area contributed by atoms with Crippen LogP contribution in [-0.4, -0.2) is 20.1 Å². The Labute approximate surface area is 72.4 Å². The maximum Gasteiger partial charge on any atom is 0.354 e. The largest absolute Gasteiger partial charge is 0.477 e. The molecule has 0 atom stereocenters. The van der Waals surface area contributed by atoms with Crippen LogP contribution in [0.1, 0.15) is 10.5 Å². The van der Waals surface area contributed by atoms with E-state index in [2.05, 4.69) is 0 Å². The molecule has 0 aliphatic heterocycles. The molecule has 5 nitrogen and oxygen atoms in total. The van der Waals surface area contributed by atoms with Crippen LogP contribution in [0, 0.1) is 0 Å². The Balaban J connectivity index is 2.92. The lowest BCUT2D eigenvalue weighted by atomic mass is 10.4. The summed E-state index contributed by atoms with van der Waals surface area (Å²) in [5, 5.41) is 8.76. The number of aromatic carboxylic acids is 1. The summed E-state index contributed by atoms with van der Waals surface area (Å²) in [6.07, 6.45) is 2.93. The van der Waals surface area contributed by atoms with E-state index in [9.17, 15) is 9.59 Å². The molecule has 2 aromatic rings. The number of hydrogen-bond acceptors (Lipinski definition) is 2. The molecule has 1 N–H and O–H groups in total. The van der Waals surface area contributed by atoms with Crippen molar-refractivity contribution in [3.63, 3.8) is 0 Å². The average molecular weight is 178 g/mol. The van der Waals surface area contributed by atoms with Gasteiger partial charge in [-0.2, -0.15) is 0 Å². The molecule has 5 heteroatoms. The summed E-state index contributed by atoms with van der Waals surface area (Å²) in [6, 6.07) is 4.26. The second-order valence-electron chi connectivity index (χ2n) is 2.54. The van der Waals surface area contributed by atoms with Crippen LogP contribution < -0.4 is 5.56 Å².